The summed E-state index contributed by atoms with van der Waals surface area (Å²) in [5, 5.41) is 10.3. The summed E-state index contributed by atoms with van der Waals surface area (Å²) in [5.41, 5.74) is -0.713. The Bertz CT molecular complexity index is 1200. The van der Waals surface area contributed by atoms with Gasteiger partial charge in [-0.2, -0.15) is 13.2 Å². The Morgan fingerprint density at radius 1 is 1.17 bits per heavy atom. The molecule has 160 valence electrons. The van der Waals surface area contributed by atoms with E-state index in [1.54, 1.807) is 35.9 Å². The number of pyridine rings is 1. The highest BCUT2D eigenvalue weighted by atomic mass is 19.4. The first-order valence-electron chi connectivity index (χ1n) is 9.81. The lowest BCUT2D eigenvalue weighted by Gasteiger charge is -2.27. The highest BCUT2D eigenvalue weighted by Crippen LogP contribution is 2.48. The van der Waals surface area contributed by atoms with Crippen LogP contribution in [0.5, 0.6) is 0 Å². The van der Waals surface area contributed by atoms with Gasteiger partial charge >= 0.3 is 11.9 Å². The van der Waals surface area contributed by atoms with Gasteiger partial charge in [-0.1, -0.05) is 32.9 Å². The predicted molar refractivity (Wildman–Crippen MR) is 108 cm³/mol. The summed E-state index contributed by atoms with van der Waals surface area (Å²) in [6, 6.07) is 8.16. The Labute approximate surface area is 171 Å². The number of hydrogen-bond donors (Lipinski definition) is 1. The fourth-order valence-corrected chi connectivity index (χ4v) is 4.14. The van der Waals surface area contributed by atoms with Crippen LogP contribution in [0.15, 0.2) is 35.1 Å². The number of alkyl halides is 3. The molecule has 4 rings (SSSR count). The molecule has 0 spiro atoms. The topological polar surface area (TPSA) is 60.0 Å². The first-order chi connectivity index (χ1) is 13.8. The van der Waals surface area contributed by atoms with Crippen molar-refractivity contribution in [2.45, 2.75) is 51.9 Å². The molecule has 0 radical (unpaired) electrons. The molecule has 2 aromatic heterocycles. The standard InChI is InChI=1S/C22H24F3N3O2/c1-20(2,3)12-28-17-8-7-16(26-18(17)27(4)19(28)29)14-6-5-13-9-10-21(30,15(13)11-14)22(23,24)25/h5-8,11,30H,9-10,12H2,1-4H3. The first kappa shape index (κ1) is 20.7. The van der Waals surface area contributed by atoms with Crippen molar-refractivity contribution in [3.63, 3.8) is 0 Å². The molecular weight excluding hydrogens is 395 g/mol. The maximum atomic E-state index is 13.5. The summed E-state index contributed by atoms with van der Waals surface area (Å²) in [6.45, 7) is 6.62. The minimum absolute atomic E-state index is 0.112. The Morgan fingerprint density at radius 3 is 2.50 bits per heavy atom. The van der Waals surface area contributed by atoms with Crippen molar-refractivity contribution >= 4 is 11.2 Å². The second-order valence-corrected chi connectivity index (χ2v) is 9.26. The summed E-state index contributed by atoms with van der Waals surface area (Å²) in [6.07, 6.45) is -4.96. The third-order valence-electron chi connectivity index (χ3n) is 5.69. The number of benzene rings is 1. The fraction of sp³-hybridized carbons (Fsp3) is 0.455. The molecule has 5 nitrogen and oxygen atoms in total. The van der Waals surface area contributed by atoms with Gasteiger partial charge in [0.2, 0.25) is 0 Å². The van der Waals surface area contributed by atoms with Gasteiger partial charge in [0.05, 0.1) is 11.2 Å². The number of hydrogen-bond acceptors (Lipinski definition) is 3. The van der Waals surface area contributed by atoms with Gasteiger partial charge in [-0.05, 0) is 47.6 Å². The number of aryl methyl sites for hydroxylation is 2. The average molecular weight is 419 g/mol. The quantitative estimate of drug-likeness (QED) is 0.679. The van der Waals surface area contributed by atoms with Gasteiger partial charge in [-0.25, -0.2) is 9.78 Å². The van der Waals surface area contributed by atoms with Crippen molar-refractivity contribution < 1.29 is 18.3 Å². The second-order valence-electron chi connectivity index (χ2n) is 9.26. The van der Waals surface area contributed by atoms with E-state index in [1.165, 1.54) is 10.6 Å². The lowest BCUT2D eigenvalue weighted by Crippen LogP contribution is -2.40. The molecule has 3 aromatic rings. The normalized spacial score (nSPS) is 19.5. The summed E-state index contributed by atoms with van der Waals surface area (Å²) in [5.74, 6) is 0. The SMILES string of the molecule is Cn1c(=O)n(CC(C)(C)C)c2ccc(-c3ccc4c(c3)C(O)(C(F)(F)F)CC4)nc21. The van der Waals surface area contributed by atoms with Gasteiger partial charge < -0.3 is 5.11 Å². The zero-order chi connectivity index (χ0) is 22.1. The van der Waals surface area contributed by atoms with Crippen LogP contribution >= 0.6 is 0 Å². The van der Waals surface area contributed by atoms with Crippen LogP contribution in [0.25, 0.3) is 22.4 Å². The van der Waals surface area contributed by atoms with E-state index in [-0.39, 0.29) is 29.5 Å². The van der Waals surface area contributed by atoms with Crippen LogP contribution in [0.3, 0.4) is 0 Å². The Hall–Kier alpha value is -2.61. The van der Waals surface area contributed by atoms with Gasteiger partial charge in [-0.3, -0.25) is 9.13 Å². The van der Waals surface area contributed by atoms with Gasteiger partial charge in [0.25, 0.3) is 0 Å². The largest absolute Gasteiger partial charge is 0.421 e. The average Bonchev–Trinajstić information content (AvgIpc) is 3.11. The maximum Gasteiger partial charge on any atom is 0.421 e. The second kappa shape index (κ2) is 6.44. The van der Waals surface area contributed by atoms with Crippen molar-refractivity contribution in [1.29, 1.82) is 0 Å². The molecule has 1 atom stereocenters. The van der Waals surface area contributed by atoms with E-state index in [9.17, 15) is 23.1 Å². The van der Waals surface area contributed by atoms with Crippen LogP contribution < -0.4 is 5.69 Å². The summed E-state index contributed by atoms with van der Waals surface area (Å²) in [7, 11) is 1.63. The summed E-state index contributed by atoms with van der Waals surface area (Å²) in [4.78, 5) is 17.3. The molecular formula is C22H24F3N3O2. The van der Waals surface area contributed by atoms with Crippen molar-refractivity contribution in [3.8, 4) is 11.3 Å². The van der Waals surface area contributed by atoms with E-state index in [0.717, 1.165) is 0 Å². The Morgan fingerprint density at radius 2 is 1.87 bits per heavy atom. The fourth-order valence-electron chi connectivity index (χ4n) is 4.14. The summed E-state index contributed by atoms with van der Waals surface area (Å²) < 4.78 is 43.6. The molecule has 1 aromatic carbocycles. The first-order valence-corrected chi connectivity index (χ1v) is 9.81. The lowest BCUT2D eigenvalue weighted by molar-refractivity contribution is -0.265. The molecule has 0 amide bonds. The minimum Gasteiger partial charge on any atom is -0.376 e. The monoisotopic (exact) mass is 419 g/mol. The van der Waals surface area contributed by atoms with Crippen LogP contribution in [-0.2, 0) is 25.6 Å². The van der Waals surface area contributed by atoms with E-state index in [0.29, 0.717) is 34.5 Å². The molecule has 30 heavy (non-hydrogen) atoms. The van der Waals surface area contributed by atoms with Crippen molar-refractivity contribution in [2.75, 3.05) is 0 Å². The van der Waals surface area contributed by atoms with Gasteiger partial charge in [0, 0.05) is 19.2 Å². The molecule has 1 N–H and O–H groups in total. The molecule has 0 saturated carbocycles. The molecule has 2 heterocycles. The van der Waals surface area contributed by atoms with Crippen molar-refractivity contribution in [3.05, 3.63) is 51.9 Å². The number of aliphatic hydroxyl groups is 1. The number of halogens is 3. The van der Waals surface area contributed by atoms with Crippen LogP contribution in [0.2, 0.25) is 0 Å². The zero-order valence-electron chi connectivity index (χ0n) is 17.3. The maximum absolute atomic E-state index is 13.5. The number of nitrogens with zero attached hydrogens (tertiary/aromatic N) is 3. The molecule has 1 unspecified atom stereocenters. The predicted octanol–water partition coefficient (Wildman–Crippen LogP) is 4.14. The molecule has 1 aliphatic carbocycles. The van der Waals surface area contributed by atoms with E-state index in [1.807, 2.05) is 20.8 Å². The number of aromatic nitrogens is 3. The highest BCUT2D eigenvalue weighted by Gasteiger charge is 2.57. The van der Waals surface area contributed by atoms with Gasteiger partial charge in [0.1, 0.15) is 0 Å². The Balaban J connectivity index is 1.84. The summed E-state index contributed by atoms with van der Waals surface area (Å²) >= 11 is 0. The minimum atomic E-state index is -4.75. The van der Waals surface area contributed by atoms with Crippen molar-refractivity contribution in [1.82, 2.24) is 14.1 Å². The van der Waals surface area contributed by atoms with Crippen LogP contribution in [0, 0.1) is 5.41 Å². The van der Waals surface area contributed by atoms with E-state index in [4.69, 9.17) is 0 Å². The van der Waals surface area contributed by atoms with E-state index in [2.05, 4.69) is 4.98 Å². The zero-order valence-corrected chi connectivity index (χ0v) is 17.3. The molecule has 1 aliphatic rings. The number of rotatable bonds is 2. The Kier molecular flexibility index (Phi) is 4.44. The van der Waals surface area contributed by atoms with Gasteiger partial charge in [0.15, 0.2) is 11.2 Å². The third kappa shape index (κ3) is 3.14. The lowest BCUT2D eigenvalue weighted by atomic mass is 9.93. The molecule has 0 saturated heterocycles. The van der Waals surface area contributed by atoms with Crippen molar-refractivity contribution in [2.24, 2.45) is 12.5 Å². The van der Waals surface area contributed by atoms with Crippen LogP contribution in [0.4, 0.5) is 13.2 Å². The smallest absolute Gasteiger partial charge is 0.376 e. The van der Waals surface area contributed by atoms with Gasteiger partial charge in [-0.15, -0.1) is 0 Å². The van der Waals surface area contributed by atoms with E-state index >= 15 is 0 Å². The van der Waals surface area contributed by atoms with Crippen LogP contribution in [-0.4, -0.2) is 25.4 Å². The number of imidazole rings is 1. The third-order valence-corrected chi connectivity index (χ3v) is 5.69. The number of fused-ring (bicyclic) bond motifs is 2. The highest BCUT2D eigenvalue weighted by molar-refractivity contribution is 5.76. The van der Waals surface area contributed by atoms with Crippen LogP contribution in [0.1, 0.15) is 38.3 Å². The molecule has 0 aliphatic heterocycles. The molecule has 8 heteroatoms. The molecule has 0 bridgehead atoms. The molecule has 0 fully saturated rings. The van der Waals surface area contributed by atoms with E-state index < -0.39 is 11.8 Å².